The molecule has 0 unspecified atom stereocenters. The number of hydrogen-bond donors (Lipinski definition) is 0. The molecular formula is C9H15NO3. The molecule has 0 radical (unpaired) electrons. The van der Waals surface area contributed by atoms with Gasteiger partial charge in [0.15, 0.2) is 0 Å². The number of piperidine rings is 1. The summed E-state index contributed by atoms with van der Waals surface area (Å²) in [5.74, 6) is 0. The topological polar surface area (TPSA) is 46.6 Å². The van der Waals surface area contributed by atoms with Crippen LogP contribution in [0.5, 0.6) is 0 Å². The van der Waals surface area contributed by atoms with Gasteiger partial charge in [0.1, 0.15) is 6.29 Å². The van der Waals surface area contributed by atoms with Gasteiger partial charge < -0.3 is 14.4 Å². The second-order valence-corrected chi connectivity index (χ2v) is 3.12. The molecule has 0 aromatic carbocycles. The number of likely N-dealkylation sites (tertiary alicyclic amines) is 1. The van der Waals surface area contributed by atoms with E-state index in [2.05, 4.69) is 0 Å². The van der Waals surface area contributed by atoms with Crippen LogP contribution in [0.15, 0.2) is 0 Å². The number of carbonyl (C=O) groups is 2. The monoisotopic (exact) mass is 185 g/mol. The summed E-state index contributed by atoms with van der Waals surface area (Å²) in [7, 11) is 0. The molecule has 1 saturated heterocycles. The van der Waals surface area contributed by atoms with Crippen molar-refractivity contribution in [1.29, 1.82) is 0 Å². The Balaban J connectivity index is 2.17. The molecule has 0 bridgehead atoms. The predicted octanol–water partition coefficient (Wildman–Crippen LogP) is 1.20. The Morgan fingerprint density at radius 2 is 2.00 bits per heavy atom. The lowest BCUT2D eigenvalue weighted by Crippen LogP contribution is -2.36. The van der Waals surface area contributed by atoms with Crippen molar-refractivity contribution in [2.24, 2.45) is 0 Å². The molecule has 0 aromatic heterocycles. The average molecular weight is 185 g/mol. The van der Waals surface area contributed by atoms with Gasteiger partial charge in [0.25, 0.3) is 0 Å². The van der Waals surface area contributed by atoms with Gasteiger partial charge in [-0.15, -0.1) is 0 Å². The molecule has 4 nitrogen and oxygen atoms in total. The van der Waals surface area contributed by atoms with Gasteiger partial charge in [-0.05, 0) is 19.3 Å². The van der Waals surface area contributed by atoms with E-state index in [1.54, 1.807) is 4.90 Å². The molecule has 1 aliphatic heterocycles. The third-order valence-corrected chi connectivity index (χ3v) is 2.08. The van der Waals surface area contributed by atoms with Gasteiger partial charge in [-0.1, -0.05) is 0 Å². The minimum atomic E-state index is -0.276. The minimum Gasteiger partial charge on any atom is -0.449 e. The highest BCUT2D eigenvalue weighted by Crippen LogP contribution is 2.09. The van der Waals surface area contributed by atoms with Crippen LogP contribution in [0.1, 0.15) is 25.7 Å². The maximum Gasteiger partial charge on any atom is 0.409 e. The van der Waals surface area contributed by atoms with Crippen LogP contribution in [0.25, 0.3) is 0 Å². The molecule has 1 amide bonds. The van der Waals surface area contributed by atoms with Crippen molar-refractivity contribution in [2.75, 3.05) is 19.7 Å². The largest absolute Gasteiger partial charge is 0.449 e. The highest BCUT2D eigenvalue weighted by atomic mass is 16.6. The van der Waals surface area contributed by atoms with Crippen molar-refractivity contribution >= 4 is 12.4 Å². The molecule has 0 saturated carbocycles. The third kappa shape index (κ3) is 3.44. The van der Waals surface area contributed by atoms with Crippen molar-refractivity contribution in [2.45, 2.75) is 25.7 Å². The van der Waals surface area contributed by atoms with Crippen molar-refractivity contribution in [3.63, 3.8) is 0 Å². The summed E-state index contributed by atoms with van der Waals surface area (Å²) >= 11 is 0. The molecule has 1 fully saturated rings. The number of ether oxygens (including phenoxy) is 1. The van der Waals surface area contributed by atoms with Crippen LogP contribution >= 0.6 is 0 Å². The standard InChI is InChI=1S/C9H15NO3/c11-7-4-8-13-9(12)10-5-2-1-3-6-10/h7H,1-6,8H2. The molecule has 1 rings (SSSR count). The third-order valence-electron chi connectivity index (χ3n) is 2.08. The predicted molar refractivity (Wildman–Crippen MR) is 47.5 cm³/mol. The summed E-state index contributed by atoms with van der Waals surface area (Å²) < 4.78 is 4.88. The fourth-order valence-corrected chi connectivity index (χ4v) is 1.36. The van der Waals surface area contributed by atoms with Gasteiger partial charge in [0.2, 0.25) is 0 Å². The lowest BCUT2D eigenvalue weighted by molar-refractivity contribution is -0.108. The Morgan fingerprint density at radius 1 is 1.31 bits per heavy atom. The van der Waals surface area contributed by atoms with Crippen molar-refractivity contribution in [3.8, 4) is 0 Å². The van der Waals surface area contributed by atoms with Gasteiger partial charge in [0.05, 0.1) is 6.61 Å². The van der Waals surface area contributed by atoms with Crippen LogP contribution in [-0.4, -0.2) is 37.0 Å². The van der Waals surface area contributed by atoms with Crippen molar-refractivity contribution < 1.29 is 14.3 Å². The van der Waals surface area contributed by atoms with Gasteiger partial charge in [-0.25, -0.2) is 4.79 Å². The molecule has 1 aliphatic rings. The first-order valence-electron chi connectivity index (χ1n) is 4.70. The smallest absolute Gasteiger partial charge is 0.409 e. The highest BCUT2D eigenvalue weighted by molar-refractivity contribution is 5.67. The zero-order valence-corrected chi connectivity index (χ0v) is 7.70. The summed E-state index contributed by atoms with van der Waals surface area (Å²) in [4.78, 5) is 22.9. The van der Waals surface area contributed by atoms with Crippen LogP contribution in [-0.2, 0) is 9.53 Å². The van der Waals surface area contributed by atoms with Gasteiger partial charge in [0, 0.05) is 19.5 Å². The van der Waals surface area contributed by atoms with E-state index in [9.17, 15) is 9.59 Å². The summed E-state index contributed by atoms with van der Waals surface area (Å²) in [6.07, 6.45) is 4.08. The van der Waals surface area contributed by atoms with Crippen LogP contribution in [0, 0.1) is 0 Å². The SMILES string of the molecule is O=CCCOC(=O)N1CCCCC1. The Labute approximate surface area is 77.8 Å². The first-order chi connectivity index (χ1) is 6.34. The van der Waals surface area contributed by atoms with Crippen LogP contribution < -0.4 is 0 Å². The summed E-state index contributed by atoms with van der Waals surface area (Å²) in [6, 6.07) is 0. The molecule has 0 atom stereocenters. The summed E-state index contributed by atoms with van der Waals surface area (Å²) in [5, 5.41) is 0. The molecule has 0 spiro atoms. The highest BCUT2D eigenvalue weighted by Gasteiger charge is 2.16. The maximum absolute atomic E-state index is 11.3. The van der Waals surface area contributed by atoms with Crippen molar-refractivity contribution in [3.05, 3.63) is 0 Å². The van der Waals surface area contributed by atoms with E-state index >= 15 is 0 Å². The molecule has 74 valence electrons. The van der Waals surface area contributed by atoms with Gasteiger partial charge >= 0.3 is 6.09 Å². The van der Waals surface area contributed by atoms with Crippen LogP contribution in [0.3, 0.4) is 0 Å². The first kappa shape index (κ1) is 10.0. The molecule has 1 heterocycles. The number of nitrogens with zero attached hydrogens (tertiary/aromatic N) is 1. The second kappa shape index (κ2) is 5.56. The van der Waals surface area contributed by atoms with Gasteiger partial charge in [-0.2, -0.15) is 0 Å². The average Bonchev–Trinajstić information content (AvgIpc) is 2.19. The number of hydrogen-bond acceptors (Lipinski definition) is 3. The van der Waals surface area contributed by atoms with E-state index in [1.807, 2.05) is 0 Å². The molecular weight excluding hydrogens is 170 g/mol. The fourth-order valence-electron chi connectivity index (χ4n) is 1.36. The Bertz CT molecular complexity index is 176. The summed E-state index contributed by atoms with van der Waals surface area (Å²) in [6.45, 7) is 1.79. The Morgan fingerprint density at radius 3 is 2.62 bits per heavy atom. The van der Waals surface area contributed by atoms with Gasteiger partial charge in [-0.3, -0.25) is 0 Å². The van der Waals surface area contributed by atoms with E-state index in [1.165, 1.54) is 6.42 Å². The molecule has 13 heavy (non-hydrogen) atoms. The zero-order valence-electron chi connectivity index (χ0n) is 7.70. The zero-order chi connectivity index (χ0) is 9.52. The van der Waals surface area contributed by atoms with Crippen LogP contribution in [0.4, 0.5) is 4.79 Å². The normalized spacial score (nSPS) is 16.8. The van der Waals surface area contributed by atoms with E-state index in [0.29, 0.717) is 6.42 Å². The number of rotatable bonds is 3. The number of aldehydes is 1. The van der Waals surface area contributed by atoms with Crippen LogP contribution in [0.2, 0.25) is 0 Å². The number of amides is 1. The van der Waals surface area contributed by atoms with E-state index in [4.69, 9.17) is 4.74 Å². The van der Waals surface area contributed by atoms with E-state index in [-0.39, 0.29) is 12.7 Å². The second-order valence-electron chi connectivity index (χ2n) is 3.12. The first-order valence-corrected chi connectivity index (χ1v) is 4.70. The minimum absolute atomic E-state index is 0.207. The van der Waals surface area contributed by atoms with E-state index in [0.717, 1.165) is 32.2 Å². The molecule has 0 aromatic rings. The molecule has 0 N–H and O–H groups in total. The lowest BCUT2D eigenvalue weighted by Gasteiger charge is -2.25. The molecule has 0 aliphatic carbocycles. The Hall–Kier alpha value is -1.06. The van der Waals surface area contributed by atoms with Crippen molar-refractivity contribution in [1.82, 2.24) is 4.90 Å². The van der Waals surface area contributed by atoms with E-state index < -0.39 is 0 Å². The lowest BCUT2D eigenvalue weighted by atomic mass is 10.1. The number of carbonyl (C=O) groups excluding carboxylic acids is 2. The fraction of sp³-hybridized carbons (Fsp3) is 0.778. The quantitative estimate of drug-likeness (QED) is 0.490. The Kier molecular flexibility index (Phi) is 4.29. The maximum atomic E-state index is 11.3. The summed E-state index contributed by atoms with van der Waals surface area (Å²) in [5.41, 5.74) is 0. The molecule has 4 heteroatoms.